The first-order valence-electron chi connectivity index (χ1n) is 6.94. The quantitative estimate of drug-likeness (QED) is 0.850. The van der Waals surface area contributed by atoms with Gasteiger partial charge in [0.25, 0.3) is 0 Å². The number of carbonyl (C=O) groups is 2. The Bertz CT molecular complexity index is 495. The SMILES string of the molecule is O=C(COC1CCC(C(=O)O)CC1)Nc1ccc(Br)cc1. The van der Waals surface area contributed by atoms with E-state index in [1.165, 1.54) is 0 Å². The summed E-state index contributed by atoms with van der Waals surface area (Å²) in [5.41, 5.74) is 0.724. The first kappa shape index (κ1) is 16.0. The minimum Gasteiger partial charge on any atom is -0.481 e. The number of carbonyl (C=O) groups excluding carboxylic acids is 1. The van der Waals surface area contributed by atoms with Crippen molar-refractivity contribution in [1.82, 2.24) is 0 Å². The van der Waals surface area contributed by atoms with E-state index >= 15 is 0 Å². The summed E-state index contributed by atoms with van der Waals surface area (Å²) in [5, 5.41) is 11.7. The maximum atomic E-state index is 11.8. The molecule has 21 heavy (non-hydrogen) atoms. The molecular weight excluding hydrogens is 338 g/mol. The number of amides is 1. The molecule has 0 aromatic heterocycles. The van der Waals surface area contributed by atoms with E-state index in [1.807, 2.05) is 12.1 Å². The summed E-state index contributed by atoms with van der Waals surface area (Å²) in [4.78, 5) is 22.6. The van der Waals surface area contributed by atoms with Gasteiger partial charge in [-0.3, -0.25) is 9.59 Å². The minimum absolute atomic E-state index is 0.00152. The van der Waals surface area contributed by atoms with Crippen LogP contribution in [0.25, 0.3) is 0 Å². The third-order valence-corrected chi connectivity index (χ3v) is 4.13. The van der Waals surface area contributed by atoms with E-state index in [2.05, 4.69) is 21.2 Å². The van der Waals surface area contributed by atoms with Crippen LogP contribution in [0.3, 0.4) is 0 Å². The van der Waals surface area contributed by atoms with Gasteiger partial charge in [0, 0.05) is 10.2 Å². The van der Waals surface area contributed by atoms with Gasteiger partial charge in [0.2, 0.25) is 5.91 Å². The Labute approximate surface area is 131 Å². The van der Waals surface area contributed by atoms with Crippen LogP contribution in [0.2, 0.25) is 0 Å². The van der Waals surface area contributed by atoms with Gasteiger partial charge in [-0.05, 0) is 49.9 Å². The molecule has 6 heteroatoms. The number of hydrogen-bond donors (Lipinski definition) is 2. The number of rotatable bonds is 5. The molecule has 0 heterocycles. The second-order valence-electron chi connectivity index (χ2n) is 5.18. The molecule has 0 radical (unpaired) electrons. The number of ether oxygens (including phenoxy) is 1. The Morgan fingerprint density at radius 2 is 1.81 bits per heavy atom. The van der Waals surface area contributed by atoms with Crippen LogP contribution in [0.5, 0.6) is 0 Å². The van der Waals surface area contributed by atoms with Crippen molar-refractivity contribution in [2.24, 2.45) is 5.92 Å². The molecule has 1 aliphatic carbocycles. The first-order chi connectivity index (χ1) is 10.0. The summed E-state index contributed by atoms with van der Waals surface area (Å²) in [5.74, 6) is -1.19. The van der Waals surface area contributed by atoms with Crippen molar-refractivity contribution < 1.29 is 19.4 Å². The molecule has 5 nitrogen and oxygen atoms in total. The van der Waals surface area contributed by atoms with Gasteiger partial charge in [0.05, 0.1) is 12.0 Å². The van der Waals surface area contributed by atoms with Crippen LogP contribution in [0.15, 0.2) is 28.7 Å². The zero-order chi connectivity index (χ0) is 15.2. The molecule has 0 aliphatic heterocycles. The van der Waals surface area contributed by atoms with Crippen LogP contribution >= 0.6 is 15.9 Å². The zero-order valence-electron chi connectivity index (χ0n) is 11.5. The standard InChI is InChI=1S/C15H18BrNO4/c16-11-3-5-12(6-4-11)17-14(18)9-21-13-7-1-10(2-8-13)15(19)20/h3-6,10,13H,1-2,7-9H2,(H,17,18)(H,19,20). The van der Waals surface area contributed by atoms with Crippen molar-refractivity contribution in [3.8, 4) is 0 Å². The number of hydrogen-bond acceptors (Lipinski definition) is 3. The van der Waals surface area contributed by atoms with Crippen molar-refractivity contribution in [2.45, 2.75) is 31.8 Å². The summed E-state index contributed by atoms with van der Waals surface area (Å²) in [7, 11) is 0. The van der Waals surface area contributed by atoms with E-state index in [-0.39, 0.29) is 24.5 Å². The average Bonchev–Trinajstić information content (AvgIpc) is 2.48. The molecule has 2 N–H and O–H groups in total. The fraction of sp³-hybridized carbons (Fsp3) is 0.467. The number of carboxylic acid groups (broad SMARTS) is 1. The maximum absolute atomic E-state index is 11.8. The van der Waals surface area contributed by atoms with E-state index in [4.69, 9.17) is 9.84 Å². The summed E-state index contributed by atoms with van der Waals surface area (Å²) in [6.45, 7) is -0.00152. The molecule has 1 amide bonds. The lowest BCUT2D eigenvalue weighted by atomic mass is 9.87. The molecule has 1 aromatic rings. The lowest BCUT2D eigenvalue weighted by Gasteiger charge is -2.25. The van der Waals surface area contributed by atoms with E-state index in [0.29, 0.717) is 25.7 Å². The van der Waals surface area contributed by atoms with Crippen LogP contribution < -0.4 is 5.32 Å². The first-order valence-corrected chi connectivity index (χ1v) is 7.73. The molecule has 1 saturated carbocycles. The fourth-order valence-electron chi connectivity index (χ4n) is 2.40. The summed E-state index contributed by atoms with van der Waals surface area (Å²) >= 11 is 3.33. The second kappa shape index (κ2) is 7.56. The average molecular weight is 356 g/mol. The minimum atomic E-state index is -0.735. The zero-order valence-corrected chi connectivity index (χ0v) is 13.1. The lowest BCUT2D eigenvalue weighted by Crippen LogP contribution is -2.29. The molecule has 114 valence electrons. The highest BCUT2D eigenvalue weighted by Gasteiger charge is 2.26. The predicted molar refractivity (Wildman–Crippen MR) is 82.1 cm³/mol. The van der Waals surface area contributed by atoms with Crippen LogP contribution in [0.1, 0.15) is 25.7 Å². The molecule has 0 spiro atoms. The number of benzene rings is 1. The van der Waals surface area contributed by atoms with E-state index in [0.717, 1.165) is 10.2 Å². The molecule has 0 bridgehead atoms. The molecule has 0 saturated heterocycles. The molecule has 2 rings (SSSR count). The lowest BCUT2D eigenvalue weighted by molar-refractivity contribution is -0.144. The Balaban J connectivity index is 1.70. The Kier molecular flexibility index (Phi) is 5.76. The third-order valence-electron chi connectivity index (χ3n) is 3.60. The molecular formula is C15H18BrNO4. The van der Waals surface area contributed by atoms with Gasteiger partial charge in [0.15, 0.2) is 0 Å². The van der Waals surface area contributed by atoms with E-state index in [9.17, 15) is 9.59 Å². The number of anilines is 1. The van der Waals surface area contributed by atoms with Crippen LogP contribution in [-0.4, -0.2) is 29.7 Å². The molecule has 0 unspecified atom stereocenters. The van der Waals surface area contributed by atoms with Crippen molar-refractivity contribution in [3.05, 3.63) is 28.7 Å². The monoisotopic (exact) mass is 355 g/mol. The highest BCUT2D eigenvalue weighted by atomic mass is 79.9. The smallest absolute Gasteiger partial charge is 0.306 e. The van der Waals surface area contributed by atoms with Gasteiger partial charge in [-0.25, -0.2) is 0 Å². The summed E-state index contributed by atoms with van der Waals surface area (Å²) < 4.78 is 6.51. The molecule has 1 fully saturated rings. The normalized spacial score (nSPS) is 21.8. The van der Waals surface area contributed by atoms with Crippen molar-refractivity contribution in [1.29, 1.82) is 0 Å². The maximum Gasteiger partial charge on any atom is 0.306 e. The van der Waals surface area contributed by atoms with Crippen LogP contribution in [-0.2, 0) is 14.3 Å². The number of nitrogens with one attached hydrogen (secondary N) is 1. The van der Waals surface area contributed by atoms with Crippen molar-refractivity contribution in [3.63, 3.8) is 0 Å². The summed E-state index contributed by atoms with van der Waals surface area (Å²) in [6, 6.07) is 7.31. The Hall–Kier alpha value is -1.40. The Morgan fingerprint density at radius 1 is 1.19 bits per heavy atom. The van der Waals surface area contributed by atoms with Crippen molar-refractivity contribution in [2.75, 3.05) is 11.9 Å². The van der Waals surface area contributed by atoms with Crippen LogP contribution in [0.4, 0.5) is 5.69 Å². The van der Waals surface area contributed by atoms with Gasteiger partial charge in [0.1, 0.15) is 6.61 Å². The van der Waals surface area contributed by atoms with Gasteiger partial charge >= 0.3 is 5.97 Å². The highest BCUT2D eigenvalue weighted by Crippen LogP contribution is 2.26. The van der Waals surface area contributed by atoms with Crippen LogP contribution in [0, 0.1) is 5.92 Å². The molecule has 1 aromatic carbocycles. The van der Waals surface area contributed by atoms with Crippen molar-refractivity contribution >= 4 is 33.5 Å². The number of halogens is 1. The van der Waals surface area contributed by atoms with E-state index in [1.54, 1.807) is 12.1 Å². The van der Waals surface area contributed by atoms with Gasteiger partial charge in [-0.2, -0.15) is 0 Å². The largest absolute Gasteiger partial charge is 0.481 e. The molecule has 0 atom stereocenters. The van der Waals surface area contributed by atoms with E-state index < -0.39 is 5.97 Å². The second-order valence-corrected chi connectivity index (χ2v) is 6.09. The van der Waals surface area contributed by atoms with Gasteiger partial charge in [-0.1, -0.05) is 15.9 Å². The Morgan fingerprint density at radius 3 is 2.38 bits per heavy atom. The molecule has 1 aliphatic rings. The topological polar surface area (TPSA) is 75.6 Å². The van der Waals surface area contributed by atoms with Gasteiger partial charge in [-0.15, -0.1) is 0 Å². The van der Waals surface area contributed by atoms with Gasteiger partial charge < -0.3 is 15.2 Å². The summed E-state index contributed by atoms with van der Waals surface area (Å²) in [6.07, 6.45) is 2.62. The highest BCUT2D eigenvalue weighted by molar-refractivity contribution is 9.10. The fourth-order valence-corrected chi connectivity index (χ4v) is 2.66. The predicted octanol–water partition coefficient (Wildman–Crippen LogP) is 3.05. The third kappa shape index (κ3) is 5.13. The number of carboxylic acids is 1. The number of aliphatic carboxylic acids is 1.